The van der Waals surface area contributed by atoms with Gasteiger partial charge in [0.15, 0.2) is 0 Å². The first-order valence-corrected chi connectivity index (χ1v) is 9.58. The zero-order chi connectivity index (χ0) is 18.1. The predicted octanol–water partition coefficient (Wildman–Crippen LogP) is 4.76. The monoisotopic (exact) mass is 354 g/mol. The molecule has 1 aliphatic rings. The molecule has 0 radical (unpaired) electrons. The number of rotatable bonds is 3. The largest absolute Gasteiger partial charge is 0.346 e. The lowest BCUT2D eigenvalue weighted by atomic mass is 9.84. The maximum absolute atomic E-state index is 4.43. The summed E-state index contributed by atoms with van der Waals surface area (Å²) in [6.07, 6.45) is 10.0. The second-order valence-electron chi connectivity index (χ2n) is 7.17. The van der Waals surface area contributed by atoms with Gasteiger partial charge in [0.05, 0.1) is 0 Å². The van der Waals surface area contributed by atoms with E-state index >= 15 is 0 Å². The molecule has 0 atom stereocenters. The molecule has 0 bridgehead atoms. The van der Waals surface area contributed by atoms with Crippen molar-refractivity contribution in [2.75, 3.05) is 13.1 Å². The van der Waals surface area contributed by atoms with Gasteiger partial charge in [-0.25, -0.2) is 4.98 Å². The highest BCUT2D eigenvalue weighted by molar-refractivity contribution is 5.94. The number of hydrogen-bond acceptors (Lipinski definition) is 3. The molecule has 4 aromatic rings. The molecule has 2 N–H and O–H groups in total. The van der Waals surface area contributed by atoms with E-state index in [0.717, 1.165) is 24.1 Å². The Morgan fingerprint density at radius 1 is 0.889 bits per heavy atom. The predicted molar refractivity (Wildman–Crippen MR) is 110 cm³/mol. The number of nitrogens with zero attached hydrogens (tertiary/aromatic N) is 2. The zero-order valence-corrected chi connectivity index (χ0v) is 15.2. The van der Waals surface area contributed by atoms with Crippen LogP contribution in [0.1, 0.15) is 24.3 Å². The van der Waals surface area contributed by atoms with Crippen molar-refractivity contribution in [1.29, 1.82) is 0 Å². The molecular formula is C23H22N4. The van der Waals surface area contributed by atoms with Gasteiger partial charge in [0.1, 0.15) is 5.65 Å². The molecule has 0 saturated carbocycles. The third-order valence-electron chi connectivity index (χ3n) is 5.58. The maximum Gasteiger partial charge on any atom is 0.137 e. The van der Waals surface area contributed by atoms with E-state index in [9.17, 15) is 0 Å². The summed E-state index contributed by atoms with van der Waals surface area (Å²) in [4.78, 5) is 12.0. The van der Waals surface area contributed by atoms with Crippen molar-refractivity contribution in [3.63, 3.8) is 0 Å². The van der Waals surface area contributed by atoms with Crippen LogP contribution in [-0.2, 0) is 0 Å². The quantitative estimate of drug-likeness (QED) is 0.558. The fraction of sp³-hybridized carbons (Fsp3) is 0.217. The van der Waals surface area contributed by atoms with Gasteiger partial charge in [-0.2, -0.15) is 0 Å². The van der Waals surface area contributed by atoms with E-state index in [1.807, 2.05) is 30.9 Å². The number of H-pyrrole nitrogens is 1. The minimum atomic E-state index is 0.597. The van der Waals surface area contributed by atoms with Gasteiger partial charge in [-0.05, 0) is 78.4 Å². The molecule has 4 nitrogen and oxygen atoms in total. The van der Waals surface area contributed by atoms with E-state index in [-0.39, 0.29) is 0 Å². The summed E-state index contributed by atoms with van der Waals surface area (Å²) in [7, 11) is 0. The summed E-state index contributed by atoms with van der Waals surface area (Å²) in [5, 5.41) is 4.63. The van der Waals surface area contributed by atoms with Crippen molar-refractivity contribution in [3.8, 4) is 22.3 Å². The van der Waals surface area contributed by atoms with E-state index in [1.165, 1.54) is 40.7 Å². The van der Waals surface area contributed by atoms with E-state index in [2.05, 4.69) is 56.7 Å². The smallest absolute Gasteiger partial charge is 0.137 e. The minimum absolute atomic E-state index is 0.597. The van der Waals surface area contributed by atoms with Crippen molar-refractivity contribution in [2.45, 2.75) is 18.8 Å². The average molecular weight is 354 g/mol. The van der Waals surface area contributed by atoms with Gasteiger partial charge < -0.3 is 10.3 Å². The van der Waals surface area contributed by atoms with Crippen LogP contribution in [-0.4, -0.2) is 28.0 Å². The molecule has 1 aliphatic heterocycles. The first-order valence-electron chi connectivity index (χ1n) is 9.58. The van der Waals surface area contributed by atoms with Crippen molar-refractivity contribution < 1.29 is 0 Å². The van der Waals surface area contributed by atoms with Gasteiger partial charge >= 0.3 is 0 Å². The Kier molecular flexibility index (Phi) is 4.18. The van der Waals surface area contributed by atoms with E-state index in [1.54, 1.807) is 0 Å². The third-order valence-corrected chi connectivity index (χ3v) is 5.58. The minimum Gasteiger partial charge on any atom is -0.346 e. The summed E-state index contributed by atoms with van der Waals surface area (Å²) < 4.78 is 0. The van der Waals surface area contributed by atoms with Gasteiger partial charge in [-0.1, -0.05) is 18.2 Å². The number of nitrogens with one attached hydrogen (secondary N) is 2. The fourth-order valence-electron chi connectivity index (χ4n) is 4.20. The second kappa shape index (κ2) is 6.97. The Bertz CT molecular complexity index is 1060. The molecule has 0 unspecified atom stereocenters. The number of piperidine rings is 1. The molecule has 134 valence electrons. The molecule has 0 spiro atoms. The Morgan fingerprint density at radius 2 is 1.81 bits per heavy atom. The standard InChI is InChI=1S/C23H22N4/c1-2-18(15-25-9-1)22-14-17(3-4-19(22)16-5-10-24-11-6-16)20-7-12-26-23-21(20)8-13-27-23/h1-4,7-9,12-16,24H,5-6,10-11H2,(H,26,27). The highest BCUT2D eigenvalue weighted by atomic mass is 14.9. The molecule has 3 aromatic heterocycles. The van der Waals surface area contributed by atoms with Crippen LogP contribution < -0.4 is 5.32 Å². The highest BCUT2D eigenvalue weighted by Crippen LogP contribution is 2.37. The number of aromatic amines is 1. The maximum atomic E-state index is 4.43. The van der Waals surface area contributed by atoms with Crippen LogP contribution in [0.4, 0.5) is 0 Å². The molecule has 1 aromatic carbocycles. The average Bonchev–Trinajstić information content (AvgIpc) is 3.24. The van der Waals surface area contributed by atoms with Gasteiger partial charge in [0.25, 0.3) is 0 Å². The summed E-state index contributed by atoms with van der Waals surface area (Å²) in [5.74, 6) is 0.597. The van der Waals surface area contributed by atoms with Crippen LogP contribution in [0.5, 0.6) is 0 Å². The number of pyridine rings is 2. The van der Waals surface area contributed by atoms with Gasteiger partial charge in [-0.15, -0.1) is 0 Å². The van der Waals surface area contributed by atoms with E-state index in [4.69, 9.17) is 0 Å². The molecule has 0 amide bonds. The first-order chi connectivity index (χ1) is 13.4. The van der Waals surface area contributed by atoms with Crippen molar-refractivity contribution in [3.05, 3.63) is 72.8 Å². The Hall–Kier alpha value is -2.98. The summed E-state index contributed by atoms with van der Waals surface area (Å²) in [6, 6.07) is 15.3. The van der Waals surface area contributed by atoms with Gasteiger partial charge in [0, 0.05) is 35.7 Å². The SMILES string of the molecule is c1cncc(-c2cc(-c3ccnc4[nH]ccc34)ccc2C2CCNCC2)c1. The lowest BCUT2D eigenvalue weighted by Crippen LogP contribution is -2.26. The molecule has 27 heavy (non-hydrogen) atoms. The van der Waals surface area contributed by atoms with Crippen LogP contribution >= 0.6 is 0 Å². The molecular weight excluding hydrogens is 332 g/mol. The van der Waals surface area contributed by atoms with Crippen molar-refractivity contribution >= 4 is 11.0 Å². The Morgan fingerprint density at radius 3 is 2.67 bits per heavy atom. The number of hydrogen-bond donors (Lipinski definition) is 2. The first kappa shape index (κ1) is 16.2. The van der Waals surface area contributed by atoms with Crippen LogP contribution in [0.25, 0.3) is 33.3 Å². The molecule has 0 aliphatic carbocycles. The van der Waals surface area contributed by atoms with Crippen LogP contribution in [0.2, 0.25) is 0 Å². The van der Waals surface area contributed by atoms with Crippen LogP contribution in [0.3, 0.4) is 0 Å². The van der Waals surface area contributed by atoms with Crippen molar-refractivity contribution in [2.24, 2.45) is 0 Å². The van der Waals surface area contributed by atoms with Crippen LogP contribution in [0.15, 0.2) is 67.3 Å². The highest BCUT2D eigenvalue weighted by Gasteiger charge is 2.20. The lowest BCUT2D eigenvalue weighted by molar-refractivity contribution is 0.461. The normalized spacial score (nSPS) is 15.3. The zero-order valence-electron chi connectivity index (χ0n) is 15.2. The Balaban J connectivity index is 1.67. The summed E-state index contributed by atoms with van der Waals surface area (Å²) >= 11 is 0. The van der Waals surface area contributed by atoms with E-state index in [0.29, 0.717) is 5.92 Å². The number of fused-ring (bicyclic) bond motifs is 1. The molecule has 1 fully saturated rings. The number of aromatic nitrogens is 3. The Labute approximate surface area is 158 Å². The fourth-order valence-corrected chi connectivity index (χ4v) is 4.20. The van der Waals surface area contributed by atoms with Crippen LogP contribution in [0, 0.1) is 0 Å². The third kappa shape index (κ3) is 3.02. The lowest BCUT2D eigenvalue weighted by Gasteiger charge is -2.26. The molecule has 5 rings (SSSR count). The molecule has 4 heteroatoms. The summed E-state index contributed by atoms with van der Waals surface area (Å²) in [6.45, 7) is 2.18. The van der Waals surface area contributed by atoms with E-state index < -0.39 is 0 Å². The van der Waals surface area contributed by atoms with Gasteiger partial charge in [0.2, 0.25) is 0 Å². The second-order valence-corrected chi connectivity index (χ2v) is 7.17. The molecule has 4 heterocycles. The van der Waals surface area contributed by atoms with Gasteiger partial charge in [-0.3, -0.25) is 4.98 Å². The topological polar surface area (TPSA) is 53.6 Å². The van der Waals surface area contributed by atoms with Crippen molar-refractivity contribution in [1.82, 2.24) is 20.3 Å². The molecule has 1 saturated heterocycles. The summed E-state index contributed by atoms with van der Waals surface area (Å²) in [5.41, 5.74) is 7.28. The number of benzene rings is 1.